The molecule has 9 rings (SSSR count). The maximum Gasteiger partial charge on any atom is 0.146 e. The highest BCUT2D eigenvalue weighted by Gasteiger charge is 2.43. The molecule has 394 valence electrons. The van der Waals surface area contributed by atoms with Crippen LogP contribution in [0.2, 0.25) is 33.2 Å². The molecule has 0 radical (unpaired) electrons. The normalized spacial score (nSPS) is 12.1. The SMILES string of the molecule is CCCCc1c2cccc(C#Cc3c4ccccc4c(C#Cc4cccc5c(CCCC)c6cccc(C#C[Si](C(C)C)(C(C)C)C(C)C)c6cc45)c4ccccc34)c2cc2c(C#C[Si](C(C)C)(C(C)C)C(C)C)cccc12. The number of aryl methyl sites for hydroxylation is 2. The number of fused-ring (bicyclic) bond motifs is 6. The third-order valence-electron chi connectivity index (χ3n) is 18.0. The summed E-state index contributed by atoms with van der Waals surface area (Å²) >= 11 is 0. The van der Waals surface area contributed by atoms with Gasteiger partial charge in [-0.25, -0.2) is 0 Å². The standard InChI is InChI=1S/C76H82Si2/c1-15-17-31-61-67-37-23-27-57(73(67)49-75-59(29-25-39-69(61)75)45-47-77(51(3)4,52(5)6)53(7)8)41-43-71-63-33-19-21-35-65(63)72(66-36-22-20-34-64(66)71)44-42-58-28-24-38-68-62(32-18-16-2)70-40-26-30-60(76(70)50-74(58)68)46-48-78(54(9)10,55(11)12)56(13)14/h19-30,33-40,49-56H,15-18,31-32H2,1-14H3. The van der Waals surface area contributed by atoms with Crippen LogP contribution in [0.4, 0.5) is 0 Å². The summed E-state index contributed by atoms with van der Waals surface area (Å²) in [5, 5.41) is 14.6. The molecule has 0 saturated heterocycles. The van der Waals surface area contributed by atoms with Crippen LogP contribution >= 0.6 is 0 Å². The van der Waals surface area contributed by atoms with Crippen molar-refractivity contribution in [3.05, 3.63) is 178 Å². The fourth-order valence-electron chi connectivity index (χ4n) is 14.1. The maximum absolute atomic E-state index is 4.06. The fourth-order valence-corrected chi connectivity index (χ4v) is 24.5. The van der Waals surface area contributed by atoms with E-state index in [-0.39, 0.29) is 0 Å². The van der Waals surface area contributed by atoms with Gasteiger partial charge in [0.25, 0.3) is 0 Å². The Morgan fingerprint density at radius 1 is 0.295 bits per heavy atom. The number of hydrogen-bond donors (Lipinski definition) is 0. The average Bonchev–Trinajstić information content (AvgIpc) is 3.60. The summed E-state index contributed by atoms with van der Waals surface area (Å²) in [6.45, 7) is 33.4. The van der Waals surface area contributed by atoms with Crippen molar-refractivity contribution in [2.24, 2.45) is 0 Å². The van der Waals surface area contributed by atoms with Gasteiger partial charge in [-0.05, 0) is 171 Å². The smallest absolute Gasteiger partial charge is 0.125 e. The molecule has 0 fully saturated rings. The zero-order valence-electron chi connectivity index (χ0n) is 49.4. The molecular weight excluding hydrogens is 969 g/mol. The van der Waals surface area contributed by atoms with Gasteiger partial charge in [-0.2, -0.15) is 0 Å². The summed E-state index contributed by atoms with van der Waals surface area (Å²) in [6.07, 6.45) is 6.55. The van der Waals surface area contributed by atoms with E-state index in [1.807, 2.05) is 0 Å². The van der Waals surface area contributed by atoms with Gasteiger partial charge in [-0.3, -0.25) is 0 Å². The molecule has 9 aromatic rings. The van der Waals surface area contributed by atoms with Crippen LogP contribution in [0.3, 0.4) is 0 Å². The lowest BCUT2D eigenvalue weighted by molar-refractivity contribution is 0.802. The monoisotopic (exact) mass is 1050 g/mol. The van der Waals surface area contributed by atoms with Gasteiger partial charge in [0.2, 0.25) is 0 Å². The van der Waals surface area contributed by atoms with Gasteiger partial charge in [0.05, 0.1) is 0 Å². The van der Waals surface area contributed by atoms with Crippen LogP contribution in [0.1, 0.15) is 167 Å². The van der Waals surface area contributed by atoms with Crippen LogP contribution in [0, 0.1) is 46.6 Å². The van der Waals surface area contributed by atoms with E-state index in [4.69, 9.17) is 0 Å². The molecule has 0 aliphatic heterocycles. The molecule has 0 amide bonds. The molecule has 9 aromatic carbocycles. The third kappa shape index (κ3) is 10.3. The molecule has 0 bridgehead atoms. The van der Waals surface area contributed by atoms with Gasteiger partial charge in [0.1, 0.15) is 16.1 Å². The van der Waals surface area contributed by atoms with Crippen molar-refractivity contribution in [2.45, 2.75) is 169 Å². The van der Waals surface area contributed by atoms with Gasteiger partial charge in [-0.1, -0.05) is 242 Å². The van der Waals surface area contributed by atoms with Crippen molar-refractivity contribution in [3.63, 3.8) is 0 Å². The van der Waals surface area contributed by atoms with Crippen molar-refractivity contribution < 1.29 is 0 Å². The largest absolute Gasteiger partial charge is 0.146 e. The minimum absolute atomic E-state index is 0.566. The van der Waals surface area contributed by atoms with Crippen LogP contribution in [-0.4, -0.2) is 16.1 Å². The third-order valence-corrected chi connectivity index (χ3v) is 30.6. The summed E-state index contributed by atoms with van der Waals surface area (Å²) < 4.78 is 0. The highest BCUT2D eigenvalue weighted by atomic mass is 28.3. The molecule has 0 aliphatic rings. The van der Waals surface area contributed by atoms with E-state index in [2.05, 4.69) is 277 Å². The molecule has 2 heteroatoms. The molecule has 0 spiro atoms. The van der Waals surface area contributed by atoms with Crippen molar-refractivity contribution in [1.82, 2.24) is 0 Å². The highest BCUT2D eigenvalue weighted by molar-refractivity contribution is 6.91. The van der Waals surface area contributed by atoms with Crippen molar-refractivity contribution in [2.75, 3.05) is 0 Å². The second-order valence-corrected chi connectivity index (χ2v) is 35.3. The van der Waals surface area contributed by atoms with Crippen LogP contribution in [0.25, 0.3) is 64.6 Å². The van der Waals surface area contributed by atoms with Crippen molar-refractivity contribution in [1.29, 1.82) is 0 Å². The molecule has 0 heterocycles. The van der Waals surface area contributed by atoms with Crippen LogP contribution in [0.5, 0.6) is 0 Å². The van der Waals surface area contributed by atoms with Gasteiger partial charge < -0.3 is 0 Å². The van der Waals surface area contributed by atoms with Gasteiger partial charge in [-0.15, -0.1) is 11.1 Å². The zero-order chi connectivity index (χ0) is 55.5. The Labute approximate surface area is 471 Å². The minimum atomic E-state index is -1.96. The number of unbranched alkanes of at least 4 members (excludes halogenated alkanes) is 2. The topological polar surface area (TPSA) is 0 Å². The van der Waals surface area contributed by atoms with E-state index in [0.717, 1.165) is 93.5 Å². The Morgan fingerprint density at radius 3 is 0.808 bits per heavy atom. The van der Waals surface area contributed by atoms with E-state index in [9.17, 15) is 0 Å². The van der Waals surface area contributed by atoms with Crippen LogP contribution in [-0.2, 0) is 12.8 Å². The van der Waals surface area contributed by atoms with Crippen LogP contribution < -0.4 is 0 Å². The number of benzene rings is 9. The summed E-state index contributed by atoms with van der Waals surface area (Å²) in [4.78, 5) is 0. The van der Waals surface area contributed by atoms with Crippen molar-refractivity contribution in [3.8, 4) is 46.6 Å². The van der Waals surface area contributed by atoms with E-state index in [1.165, 1.54) is 54.2 Å². The molecule has 0 N–H and O–H groups in total. The van der Waals surface area contributed by atoms with Gasteiger partial charge in [0, 0.05) is 33.4 Å². The van der Waals surface area contributed by atoms with Crippen LogP contribution in [0.15, 0.2) is 133 Å². The molecule has 0 aliphatic carbocycles. The first-order chi connectivity index (χ1) is 37.6. The quantitative estimate of drug-likeness (QED) is 0.0650. The Balaban J connectivity index is 1.22. The molecule has 0 saturated carbocycles. The van der Waals surface area contributed by atoms with E-state index in [1.54, 1.807) is 0 Å². The molecular formula is C76H82Si2. The first kappa shape index (κ1) is 56.0. The molecule has 0 aromatic heterocycles. The lowest BCUT2D eigenvalue weighted by Gasteiger charge is -2.38. The first-order valence-electron chi connectivity index (χ1n) is 29.6. The van der Waals surface area contributed by atoms with E-state index < -0.39 is 16.1 Å². The summed E-state index contributed by atoms with van der Waals surface area (Å²) in [5.74, 6) is 23.0. The highest BCUT2D eigenvalue weighted by Crippen LogP contribution is 2.43. The predicted octanol–water partition coefficient (Wildman–Crippen LogP) is 21.2. The zero-order valence-corrected chi connectivity index (χ0v) is 51.4. The molecule has 0 nitrogen and oxygen atoms in total. The summed E-state index contributed by atoms with van der Waals surface area (Å²) in [6, 6.07) is 49.4. The van der Waals surface area contributed by atoms with Gasteiger partial charge in [0.15, 0.2) is 0 Å². The second-order valence-electron chi connectivity index (χ2n) is 24.2. The minimum Gasteiger partial charge on any atom is -0.125 e. The predicted molar refractivity (Wildman–Crippen MR) is 349 cm³/mol. The number of rotatable bonds is 12. The molecule has 0 unspecified atom stereocenters. The average molecular weight is 1050 g/mol. The Hall–Kier alpha value is -6.79. The maximum atomic E-state index is 4.06. The number of hydrogen-bond acceptors (Lipinski definition) is 0. The lowest BCUT2D eigenvalue weighted by atomic mass is 9.89. The Bertz CT molecular complexity index is 3640. The van der Waals surface area contributed by atoms with E-state index in [0.29, 0.717) is 33.2 Å². The van der Waals surface area contributed by atoms with E-state index >= 15 is 0 Å². The molecule has 0 atom stereocenters. The lowest BCUT2D eigenvalue weighted by Crippen LogP contribution is -2.43. The Kier molecular flexibility index (Phi) is 17.0. The Morgan fingerprint density at radius 2 is 0.551 bits per heavy atom. The second kappa shape index (κ2) is 23.7. The molecule has 78 heavy (non-hydrogen) atoms. The summed E-state index contributed by atoms with van der Waals surface area (Å²) in [5.41, 5.74) is 20.7. The fraction of sp³-hybridized carbons (Fsp3) is 0.342. The summed E-state index contributed by atoms with van der Waals surface area (Å²) in [7, 11) is -3.92. The van der Waals surface area contributed by atoms with Gasteiger partial charge >= 0.3 is 0 Å². The first-order valence-corrected chi connectivity index (χ1v) is 34.0. The van der Waals surface area contributed by atoms with Crippen molar-refractivity contribution >= 4 is 80.8 Å².